The molecule has 2 aromatic rings. The molecular weight excluding hydrogens is 242 g/mol. The predicted molar refractivity (Wildman–Crippen MR) is 71.9 cm³/mol. The Labute approximate surface area is 111 Å². The molecule has 0 saturated heterocycles. The number of nitrogens with zero attached hydrogens (tertiary/aromatic N) is 5. The van der Waals surface area contributed by atoms with Crippen LogP contribution >= 0.6 is 0 Å². The van der Waals surface area contributed by atoms with Crippen LogP contribution in [-0.2, 0) is 0 Å². The summed E-state index contributed by atoms with van der Waals surface area (Å²) in [5.74, 6) is 1.15. The number of hydrogen-bond donors (Lipinski definition) is 2. The van der Waals surface area contributed by atoms with Gasteiger partial charge in [-0.05, 0) is 25.8 Å². The SMILES string of the molecule is CC1(Nc2nc(N)nc(-n3cccn3)n2)CCCC1. The van der Waals surface area contributed by atoms with Crippen molar-refractivity contribution < 1.29 is 0 Å². The Morgan fingerprint density at radius 2 is 2.05 bits per heavy atom. The van der Waals surface area contributed by atoms with Gasteiger partial charge in [-0.25, -0.2) is 4.68 Å². The van der Waals surface area contributed by atoms with Crippen molar-refractivity contribution >= 4 is 11.9 Å². The monoisotopic (exact) mass is 259 g/mol. The first-order valence-corrected chi connectivity index (χ1v) is 6.44. The molecule has 2 aromatic heterocycles. The third kappa shape index (κ3) is 2.49. The van der Waals surface area contributed by atoms with E-state index in [0.29, 0.717) is 11.9 Å². The van der Waals surface area contributed by atoms with Gasteiger partial charge in [-0.15, -0.1) is 0 Å². The Kier molecular flexibility index (Phi) is 2.81. The van der Waals surface area contributed by atoms with Crippen LogP contribution in [0, 0.1) is 0 Å². The van der Waals surface area contributed by atoms with Gasteiger partial charge in [0.2, 0.25) is 11.9 Å². The van der Waals surface area contributed by atoms with Gasteiger partial charge in [-0.2, -0.15) is 20.1 Å². The van der Waals surface area contributed by atoms with Crippen LogP contribution in [0.2, 0.25) is 0 Å². The van der Waals surface area contributed by atoms with E-state index in [1.807, 2.05) is 6.07 Å². The standard InChI is InChI=1S/C12H17N7/c1-12(5-2-3-6-12)18-10-15-9(13)16-11(17-10)19-8-4-7-14-19/h4,7-8H,2-3,5-6H2,1H3,(H3,13,15,16,17,18). The zero-order valence-electron chi connectivity index (χ0n) is 10.9. The zero-order chi connectivity index (χ0) is 13.3. The van der Waals surface area contributed by atoms with Crippen LogP contribution in [0.3, 0.4) is 0 Å². The second-order valence-corrected chi connectivity index (χ2v) is 5.16. The maximum atomic E-state index is 5.74. The van der Waals surface area contributed by atoms with E-state index >= 15 is 0 Å². The molecule has 0 bridgehead atoms. The van der Waals surface area contributed by atoms with Crippen molar-refractivity contribution in [2.45, 2.75) is 38.1 Å². The van der Waals surface area contributed by atoms with Gasteiger partial charge >= 0.3 is 0 Å². The number of hydrogen-bond acceptors (Lipinski definition) is 6. The third-order valence-electron chi connectivity index (χ3n) is 3.47. The molecule has 3 N–H and O–H groups in total. The van der Waals surface area contributed by atoms with Gasteiger partial charge in [0, 0.05) is 17.9 Å². The van der Waals surface area contributed by atoms with Crippen LogP contribution in [0.1, 0.15) is 32.6 Å². The number of rotatable bonds is 3. The lowest BCUT2D eigenvalue weighted by molar-refractivity contribution is 0.527. The van der Waals surface area contributed by atoms with E-state index in [-0.39, 0.29) is 11.5 Å². The van der Waals surface area contributed by atoms with Gasteiger partial charge in [0.25, 0.3) is 5.95 Å². The molecule has 0 aliphatic heterocycles. The summed E-state index contributed by atoms with van der Waals surface area (Å²) >= 11 is 0. The van der Waals surface area contributed by atoms with E-state index in [2.05, 4.69) is 32.3 Å². The van der Waals surface area contributed by atoms with Gasteiger partial charge < -0.3 is 11.1 Å². The summed E-state index contributed by atoms with van der Waals surface area (Å²) in [6.07, 6.45) is 8.15. The van der Waals surface area contributed by atoms with Gasteiger partial charge in [0.1, 0.15) is 0 Å². The number of aromatic nitrogens is 5. The first-order valence-electron chi connectivity index (χ1n) is 6.44. The van der Waals surface area contributed by atoms with Crippen molar-refractivity contribution in [3.63, 3.8) is 0 Å². The normalized spacial score (nSPS) is 17.5. The lowest BCUT2D eigenvalue weighted by Gasteiger charge is -2.25. The fourth-order valence-corrected chi connectivity index (χ4v) is 2.48. The maximum absolute atomic E-state index is 5.74. The topological polar surface area (TPSA) is 94.5 Å². The molecular formula is C12H17N7. The Hall–Kier alpha value is -2.18. The summed E-state index contributed by atoms with van der Waals surface area (Å²) in [7, 11) is 0. The highest BCUT2D eigenvalue weighted by Gasteiger charge is 2.29. The van der Waals surface area contributed by atoms with Crippen LogP contribution in [0.5, 0.6) is 0 Å². The van der Waals surface area contributed by atoms with Crippen LogP contribution < -0.4 is 11.1 Å². The van der Waals surface area contributed by atoms with Gasteiger partial charge in [0.15, 0.2) is 0 Å². The highest BCUT2D eigenvalue weighted by atomic mass is 15.4. The Bertz CT molecular complexity index is 557. The van der Waals surface area contributed by atoms with E-state index in [1.54, 1.807) is 17.1 Å². The largest absolute Gasteiger partial charge is 0.368 e. The first kappa shape index (κ1) is 11.9. The smallest absolute Gasteiger partial charge is 0.257 e. The molecule has 7 heteroatoms. The van der Waals surface area contributed by atoms with Crippen molar-refractivity contribution in [2.75, 3.05) is 11.1 Å². The quantitative estimate of drug-likeness (QED) is 0.864. The molecule has 1 aliphatic rings. The van der Waals surface area contributed by atoms with Gasteiger partial charge in [0.05, 0.1) is 0 Å². The van der Waals surface area contributed by atoms with Crippen LogP contribution in [-0.4, -0.2) is 30.3 Å². The summed E-state index contributed by atoms with van der Waals surface area (Å²) in [5, 5.41) is 7.48. The van der Waals surface area contributed by atoms with Crippen molar-refractivity contribution in [1.82, 2.24) is 24.7 Å². The summed E-state index contributed by atoms with van der Waals surface area (Å²) < 4.78 is 1.57. The average Bonchev–Trinajstić information content (AvgIpc) is 2.99. The number of nitrogen functional groups attached to an aromatic ring is 1. The second-order valence-electron chi connectivity index (χ2n) is 5.16. The van der Waals surface area contributed by atoms with E-state index in [9.17, 15) is 0 Å². The lowest BCUT2D eigenvalue weighted by atomic mass is 10.0. The molecule has 0 aromatic carbocycles. The zero-order valence-corrected chi connectivity index (χ0v) is 10.9. The van der Waals surface area contributed by atoms with Crippen LogP contribution in [0.4, 0.5) is 11.9 Å². The van der Waals surface area contributed by atoms with Crippen LogP contribution in [0.25, 0.3) is 5.95 Å². The molecule has 2 heterocycles. The fraction of sp³-hybridized carbons (Fsp3) is 0.500. The van der Waals surface area contributed by atoms with E-state index in [4.69, 9.17) is 5.73 Å². The minimum absolute atomic E-state index is 0.0508. The molecule has 100 valence electrons. The Morgan fingerprint density at radius 3 is 2.74 bits per heavy atom. The molecule has 0 unspecified atom stereocenters. The molecule has 1 saturated carbocycles. The fourth-order valence-electron chi connectivity index (χ4n) is 2.48. The van der Waals surface area contributed by atoms with Crippen molar-refractivity contribution in [1.29, 1.82) is 0 Å². The lowest BCUT2D eigenvalue weighted by Crippen LogP contribution is -2.32. The molecule has 19 heavy (non-hydrogen) atoms. The second kappa shape index (κ2) is 4.49. The van der Waals surface area contributed by atoms with Crippen molar-refractivity contribution in [3.8, 4) is 5.95 Å². The highest BCUT2D eigenvalue weighted by Crippen LogP contribution is 2.31. The minimum atomic E-state index is 0.0508. The predicted octanol–water partition coefficient (Wildman–Crippen LogP) is 1.38. The first-order chi connectivity index (χ1) is 9.15. The van der Waals surface area contributed by atoms with Gasteiger partial charge in [-0.1, -0.05) is 12.8 Å². The van der Waals surface area contributed by atoms with Crippen LogP contribution in [0.15, 0.2) is 18.5 Å². The van der Waals surface area contributed by atoms with E-state index in [1.165, 1.54) is 12.8 Å². The molecule has 7 nitrogen and oxygen atoms in total. The van der Waals surface area contributed by atoms with E-state index in [0.717, 1.165) is 12.8 Å². The van der Waals surface area contributed by atoms with E-state index < -0.39 is 0 Å². The third-order valence-corrected chi connectivity index (χ3v) is 3.47. The average molecular weight is 259 g/mol. The minimum Gasteiger partial charge on any atom is -0.368 e. The van der Waals surface area contributed by atoms with Gasteiger partial charge in [-0.3, -0.25) is 0 Å². The Balaban J connectivity index is 1.90. The molecule has 1 fully saturated rings. The molecule has 1 aliphatic carbocycles. The summed E-state index contributed by atoms with van der Waals surface area (Å²) in [5.41, 5.74) is 5.79. The molecule has 0 radical (unpaired) electrons. The molecule has 3 rings (SSSR count). The summed E-state index contributed by atoms with van der Waals surface area (Å²) in [6.45, 7) is 2.19. The molecule has 0 spiro atoms. The van der Waals surface area contributed by atoms with Crippen molar-refractivity contribution in [3.05, 3.63) is 18.5 Å². The summed E-state index contributed by atoms with van der Waals surface area (Å²) in [6, 6.07) is 1.81. The summed E-state index contributed by atoms with van der Waals surface area (Å²) in [4.78, 5) is 12.6. The number of nitrogens with two attached hydrogens (primary N) is 1. The molecule has 0 atom stereocenters. The number of nitrogens with one attached hydrogen (secondary N) is 1. The molecule has 0 amide bonds. The van der Waals surface area contributed by atoms with Crippen molar-refractivity contribution in [2.24, 2.45) is 0 Å². The maximum Gasteiger partial charge on any atom is 0.257 e. The number of anilines is 2. The Morgan fingerprint density at radius 1 is 1.26 bits per heavy atom. The highest BCUT2D eigenvalue weighted by molar-refractivity contribution is 5.37.